The van der Waals surface area contributed by atoms with Crippen molar-refractivity contribution in [3.8, 4) is 11.5 Å². The second kappa shape index (κ2) is 9.22. The fourth-order valence-electron chi connectivity index (χ4n) is 5.80. The number of aromatic nitrogens is 2. The lowest BCUT2D eigenvalue weighted by molar-refractivity contribution is -0.121. The van der Waals surface area contributed by atoms with Crippen molar-refractivity contribution in [1.29, 1.82) is 0 Å². The van der Waals surface area contributed by atoms with Crippen LogP contribution < -0.4 is 11.0 Å². The van der Waals surface area contributed by atoms with E-state index in [1.165, 1.54) is 0 Å². The molecule has 2 aromatic rings. The number of amides is 1. The number of aromatic amines is 1. The number of imidazole rings is 1. The van der Waals surface area contributed by atoms with Gasteiger partial charge in [-0.3, -0.25) is 19.3 Å². The maximum Gasteiger partial charge on any atom is 0.326 e. The minimum absolute atomic E-state index is 0.0537. The predicted octanol–water partition coefficient (Wildman–Crippen LogP) is 2.53. The first-order chi connectivity index (χ1) is 16.9. The molecule has 35 heavy (non-hydrogen) atoms. The number of hydrogen-bond donors (Lipinski definition) is 4. The van der Waals surface area contributed by atoms with Crippen molar-refractivity contribution < 1.29 is 15.0 Å². The summed E-state index contributed by atoms with van der Waals surface area (Å²) in [6.07, 6.45) is 7.09. The summed E-state index contributed by atoms with van der Waals surface area (Å²) in [6.45, 7) is 9.29. The topological polar surface area (TPSA) is 123 Å². The van der Waals surface area contributed by atoms with Gasteiger partial charge in [0.2, 0.25) is 5.91 Å². The van der Waals surface area contributed by atoms with Gasteiger partial charge in [-0.2, -0.15) is 0 Å². The zero-order valence-electron chi connectivity index (χ0n) is 19.7. The van der Waals surface area contributed by atoms with Crippen molar-refractivity contribution in [3.63, 3.8) is 0 Å². The molecule has 1 fully saturated rings. The number of carbonyl (C=O) groups is 1. The number of phenols is 2. The molecule has 2 aliphatic heterocycles. The van der Waals surface area contributed by atoms with Gasteiger partial charge in [-0.25, -0.2) is 4.79 Å². The highest BCUT2D eigenvalue weighted by molar-refractivity contribution is 6.00. The lowest BCUT2D eigenvalue weighted by atomic mass is 9.79. The molecular weight excluding hydrogens is 446 g/mol. The van der Waals surface area contributed by atoms with E-state index in [0.29, 0.717) is 31.0 Å². The van der Waals surface area contributed by atoms with Gasteiger partial charge in [0.05, 0.1) is 24.0 Å². The number of hydrogen-bond acceptors (Lipinski definition) is 6. The molecule has 1 saturated heterocycles. The van der Waals surface area contributed by atoms with Gasteiger partial charge in [-0.15, -0.1) is 0 Å². The van der Waals surface area contributed by atoms with E-state index in [1.807, 2.05) is 0 Å². The molecule has 3 aliphatic rings. The third-order valence-electron chi connectivity index (χ3n) is 7.51. The predicted molar refractivity (Wildman–Crippen MR) is 135 cm³/mol. The van der Waals surface area contributed by atoms with E-state index in [2.05, 4.69) is 28.4 Å². The first-order valence-electron chi connectivity index (χ1n) is 12.1. The minimum atomic E-state index is -0.156. The molecular formula is C26H31N5O4. The maximum absolute atomic E-state index is 12.8. The van der Waals surface area contributed by atoms with Gasteiger partial charge in [0, 0.05) is 31.5 Å². The number of nitrogens with zero attached hydrogens (tertiary/aromatic N) is 3. The van der Waals surface area contributed by atoms with Crippen molar-refractivity contribution in [1.82, 2.24) is 19.8 Å². The Morgan fingerprint density at radius 3 is 2.63 bits per heavy atom. The van der Waals surface area contributed by atoms with Crippen LogP contribution in [-0.2, 0) is 11.2 Å². The number of piperidine rings is 1. The van der Waals surface area contributed by atoms with Gasteiger partial charge in [0.1, 0.15) is 5.84 Å². The highest BCUT2D eigenvalue weighted by Gasteiger charge is 2.36. The van der Waals surface area contributed by atoms with Crippen LogP contribution in [0.1, 0.15) is 60.2 Å². The number of aliphatic imine (C=N–C) groups is 1. The van der Waals surface area contributed by atoms with Crippen molar-refractivity contribution in [2.75, 3.05) is 19.6 Å². The summed E-state index contributed by atoms with van der Waals surface area (Å²) in [5.74, 6) is 0.492. The summed E-state index contributed by atoms with van der Waals surface area (Å²) in [5.41, 5.74) is 3.32. The summed E-state index contributed by atoms with van der Waals surface area (Å²) in [4.78, 5) is 34.9. The molecule has 1 aromatic carbocycles. The molecule has 2 unspecified atom stereocenters. The summed E-state index contributed by atoms with van der Waals surface area (Å²) in [5, 5.41) is 22.7. The van der Waals surface area contributed by atoms with Gasteiger partial charge in [0.25, 0.3) is 0 Å². The molecule has 0 spiro atoms. The maximum atomic E-state index is 12.8. The number of benzene rings is 1. The van der Waals surface area contributed by atoms with Gasteiger partial charge >= 0.3 is 5.69 Å². The van der Waals surface area contributed by atoms with Crippen LogP contribution in [0, 0.1) is 0 Å². The Balaban J connectivity index is 1.16. The van der Waals surface area contributed by atoms with E-state index in [0.717, 1.165) is 42.5 Å². The molecule has 9 nitrogen and oxygen atoms in total. The van der Waals surface area contributed by atoms with E-state index in [4.69, 9.17) is 4.99 Å². The van der Waals surface area contributed by atoms with Crippen LogP contribution in [-0.4, -0.2) is 62.1 Å². The number of fused-ring (bicyclic) bond motifs is 3. The monoisotopic (exact) mass is 477 g/mol. The standard InChI is InChI=1S/C26H31N5O4/c1-3-19-21(4-2)31(26(35)28-19)16-7-9-30(10-8-16)14-25(34)29-24-13-18-17-12-23(33)22(32)11-15(17)5-6-20(18)27-24/h3-4,11-12,16,18,20,32-33H,1-2,5-10,13-14H2,(H,28,35)(H,27,29,34). The molecule has 0 saturated carbocycles. The molecule has 1 amide bonds. The molecule has 1 aromatic heterocycles. The van der Waals surface area contributed by atoms with Crippen LogP contribution >= 0.6 is 0 Å². The Hall–Kier alpha value is -3.59. The fraction of sp³-hybridized carbons (Fsp3) is 0.423. The number of nitrogens with one attached hydrogen (secondary N) is 2. The van der Waals surface area contributed by atoms with E-state index in [-0.39, 0.29) is 47.6 Å². The van der Waals surface area contributed by atoms with E-state index >= 15 is 0 Å². The summed E-state index contributed by atoms with van der Waals surface area (Å²) < 4.78 is 1.76. The zero-order valence-corrected chi connectivity index (χ0v) is 19.7. The highest BCUT2D eigenvalue weighted by Crippen LogP contribution is 2.43. The second-order valence-corrected chi connectivity index (χ2v) is 9.59. The van der Waals surface area contributed by atoms with Crippen LogP contribution in [0.2, 0.25) is 0 Å². The van der Waals surface area contributed by atoms with Gasteiger partial charge in [-0.1, -0.05) is 13.2 Å². The zero-order chi connectivity index (χ0) is 24.7. The van der Waals surface area contributed by atoms with Crippen LogP contribution in [0.4, 0.5) is 0 Å². The van der Waals surface area contributed by atoms with Crippen LogP contribution in [0.25, 0.3) is 12.2 Å². The van der Waals surface area contributed by atoms with E-state index in [1.54, 1.807) is 28.9 Å². The lowest BCUT2D eigenvalue weighted by Crippen LogP contribution is -2.44. The summed E-state index contributed by atoms with van der Waals surface area (Å²) in [7, 11) is 0. The third kappa shape index (κ3) is 4.32. The van der Waals surface area contributed by atoms with Crippen molar-refractivity contribution in [3.05, 3.63) is 58.3 Å². The Morgan fingerprint density at radius 2 is 1.91 bits per heavy atom. The molecule has 1 aliphatic carbocycles. The molecule has 9 heteroatoms. The number of likely N-dealkylation sites (tertiary alicyclic amines) is 1. The lowest BCUT2D eigenvalue weighted by Gasteiger charge is -2.32. The SMILES string of the molecule is C=Cc1[nH]c(=O)n(C2CCN(CC(=O)NC3=NC4CCc5cc(O)c(O)cc5C4C3)CC2)c1C=C. The van der Waals surface area contributed by atoms with E-state index in [9.17, 15) is 19.8 Å². The largest absolute Gasteiger partial charge is 0.504 e. The number of aryl methyl sites for hydroxylation is 1. The van der Waals surface area contributed by atoms with Crippen LogP contribution in [0.15, 0.2) is 35.1 Å². The normalized spacial score (nSPS) is 22.2. The van der Waals surface area contributed by atoms with Gasteiger partial charge < -0.3 is 20.5 Å². The number of phenolic OH excluding ortho intramolecular Hbond substituents is 2. The van der Waals surface area contributed by atoms with Crippen LogP contribution in [0.3, 0.4) is 0 Å². The Morgan fingerprint density at radius 1 is 1.17 bits per heavy atom. The molecule has 5 rings (SSSR count). The number of amidine groups is 1. The third-order valence-corrected chi connectivity index (χ3v) is 7.51. The molecule has 0 radical (unpaired) electrons. The smallest absolute Gasteiger partial charge is 0.326 e. The fourth-order valence-corrected chi connectivity index (χ4v) is 5.80. The van der Waals surface area contributed by atoms with Crippen molar-refractivity contribution >= 4 is 23.9 Å². The number of aromatic hydroxyl groups is 2. The van der Waals surface area contributed by atoms with Crippen LogP contribution in [0.5, 0.6) is 11.5 Å². The minimum Gasteiger partial charge on any atom is -0.504 e. The van der Waals surface area contributed by atoms with Crippen molar-refractivity contribution in [2.45, 2.75) is 50.1 Å². The molecule has 4 N–H and O–H groups in total. The average molecular weight is 478 g/mol. The first-order valence-corrected chi connectivity index (χ1v) is 12.1. The molecule has 0 bridgehead atoms. The van der Waals surface area contributed by atoms with Gasteiger partial charge in [0.15, 0.2) is 11.5 Å². The molecule has 2 atom stereocenters. The molecule has 184 valence electrons. The highest BCUT2D eigenvalue weighted by atomic mass is 16.3. The Kier molecular flexibility index (Phi) is 6.10. The molecule has 3 heterocycles. The van der Waals surface area contributed by atoms with Gasteiger partial charge in [-0.05, 0) is 61.1 Å². The number of carbonyl (C=O) groups excluding carboxylic acids is 1. The quantitative estimate of drug-likeness (QED) is 0.493. The summed E-state index contributed by atoms with van der Waals surface area (Å²) in [6, 6.07) is 3.41. The Bertz CT molecular complexity index is 1270. The average Bonchev–Trinajstić information content (AvgIpc) is 3.40. The van der Waals surface area contributed by atoms with E-state index < -0.39 is 0 Å². The van der Waals surface area contributed by atoms with Crippen molar-refractivity contribution in [2.24, 2.45) is 4.99 Å². The first kappa shape index (κ1) is 23.2. The summed E-state index contributed by atoms with van der Waals surface area (Å²) >= 11 is 0. The number of rotatable bonds is 5. The second-order valence-electron chi connectivity index (χ2n) is 9.59. The number of H-pyrrole nitrogens is 1. The Labute approximate surface area is 203 Å².